The van der Waals surface area contributed by atoms with E-state index in [4.69, 9.17) is 0 Å². The van der Waals surface area contributed by atoms with Crippen molar-refractivity contribution in [2.75, 3.05) is 43.9 Å². The summed E-state index contributed by atoms with van der Waals surface area (Å²) in [7, 11) is 2.16. The van der Waals surface area contributed by atoms with Crippen molar-refractivity contribution in [2.45, 2.75) is 33.7 Å². The first-order valence-corrected chi connectivity index (χ1v) is 13.9. The number of pyridine rings is 1. The number of piperazine rings is 1. The number of benzene rings is 2. The Kier molecular flexibility index (Phi) is 10.3. The SMILES string of the molecule is CCC.Cc1ccc(NC(=O)c2ccc(CN3CCN(C)CC3)cc2)cc1Nc1nccc(-c2ccncc2)n1. The molecule has 208 valence electrons. The number of hydrogen-bond donors (Lipinski definition) is 2. The molecule has 2 aromatic heterocycles. The van der Waals surface area contributed by atoms with Gasteiger partial charge in [-0.15, -0.1) is 0 Å². The van der Waals surface area contributed by atoms with Crippen molar-refractivity contribution in [1.82, 2.24) is 24.8 Å². The molecule has 1 amide bonds. The maximum atomic E-state index is 12.9. The van der Waals surface area contributed by atoms with Gasteiger partial charge in [-0.1, -0.05) is 38.5 Å². The number of anilines is 3. The Hall–Kier alpha value is -4.14. The number of hydrogen-bond acceptors (Lipinski definition) is 7. The fraction of sp³-hybridized carbons (Fsp3) is 0.312. The van der Waals surface area contributed by atoms with Crippen molar-refractivity contribution in [3.05, 3.63) is 95.9 Å². The van der Waals surface area contributed by atoms with Gasteiger partial charge >= 0.3 is 0 Å². The zero-order valence-corrected chi connectivity index (χ0v) is 23.9. The van der Waals surface area contributed by atoms with Gasteiger partial charge in [0, 0.05) is 73.8 Å². The Morgan fingerprint density at radius 1 is 0.900 bits per heavy atom. The van der Waals surface area contributed by atoms with E-state index < -0.39 is 0 Å². The van der Waals surface area contributed by atoms with Gasteiger partial charge in [-0.2, -0.15) is 0 Å². The maximum Gasteiger partial charge on any atom is 0.255 e. The van der Waals surface area contributed by atoms with Crippen LogP contribution in [0.25, 0.3) is 11.3 Å². The second-order valence-electron chi connectivity index (χ2n) is 10.1. The summed E-state index contributed by atoms with van der Waals surface area (Å²) in [6.07, 6.45) is 6.45. The first-order valence-electron chi connectivity index (χ1n) is 13.9. The fourth-order valence-electron chi connectivity index (χ4n) is 4.29. The lowest BCUT2D eigenvalue weighted by molar-refractivity contribution is 0.102. The zero-order valence-electron chi connectivity index (χ0n) is 23.9. The molecule has 1 saturated heterocycles. The minimum atomic E-state index is -0.142. The smallest absolute Gasteiger partial charge is 0.255 e. The third kappa shape index (κ3) is 8.18. The van der Waals surface area contributed by atoms with E-state index >= 15 is 0 Å². The van der Waals surface area contributed by atoms with Gasteiger partial charge in [-0.05, 0) is 67.6 Å². The second kappa shape index (κ2) is 14.3. The van der Waals surface area contributed by atoms with Gasteiger partial charge in [-0.3, -0.25) is 14.7 Å². The van der Waals surface area contributed by atoms with Crippen LogP contribution in [0.4, 0.5) is 17.3 Å². The Bertz CT molecular complexity index is 1370. The molecule has 8 nitrogen and oxygen atoms in total. The highest BCUT2D eigenvalue weighted by Crippen LogP contribution is 2.25. The summed E-state index contributed by atoms with van der Waals surface area (Å²) < 4.78 is 0. The minimum absolute atomic E-state index is 0.142. The topological polar surface area (TPSA) is 86.3 Å². The standard InChI is InChI=1S/C29H31N7O.C3H8/c1-21-3-8-25(19-27(21)34-29-31-14-11-26(33-29)23-9-12-30-13-10-23)32-28(37)24-6-4-22(5-7-24)20-36-17-15-35(2)16-18-36;1-3-2/h3-14,19H,15-18,20H2,1-2H3,(H,32,37)(H,31,33,34);3H2,1-2H3. The molecule has 0 atom stereocenters. The summed E-state index contributed by atoms with van der Waals surface area (Å²) in [4.78, 5) is 30.8. The Labute approximate surface area is 237 Å². The Morgan fingerprint density at radius 2 is 1.60 bits per heavy atom. The van der Waals surface area contributed by atoms with E-state index in [1.165, 1.54) is 12.0 Å². The summed E-state index contributed by atoms with van der Waals surface area (Å²) in [5.41, 5.74) is 6.16. The highest BCUT2D eigenvalue weighted by molar-refractivity contribution is 6.04. The summed E-state index contributed by atoms with van der Waals surface area (Å²) >= 11 is 0. The third-order valence-corrected chi connectivity index (χ3v) is 6.59. The fourth-order valence-corrected chi connectivity index (χ4v) is 4.29. The van der Waals surface area contributed by atoms with E-state index in [2.05, 4.69) is 56.3 Å². The largest absolute Gasteiger partial charge is 0.324 e. The van der Waals surface area contributed by atoms with Crippen LogP contribution in [0.5, 0.6) is 0 Å². The van der Waals surface area contributed by atoms with Gasteiger partial charge in [0.2, 0.25) is 5.95 Å². The molecule has 0 saturated carbocycles. The number of carbonyl (C=O) groups excluding carboxylic acids is 1. The molecule has 8 heteroatoms. The Balaban J connectivity index is 0.00000118. The van der Waals surface area contributed by atoms with E-state index in [1.807, 2.05) is 67.6 Å². The van der Waals surface area contributed by atoms with Crippen LogP contribution >= 0.6 is 0 Å². The molecule has 5 rings (SSSR count). The maximum absolute atomic E-state index is 12.9. The molecule has 2 aromatic carbocycles. The van der Waals surface area contributed by atoms with Gasteiger partial charge < -0.3 is 15.5 Å². The summed E-state index contributed by atoms with van der Waals surface area (Å²) in [6.45, 7) is 11.5. The molecule has 0 unspecified atom stereocenters. The first kappa shape index (κ1) is 28.9. The molecule has 40 heavy (non-hydrogen) atoms. The molecule has 0 radical (unpaired) electrons. The predicted molar refractivity (Wildman–Crippen MR) is 163 cm³/mol. The summed E-state index contributed by atoms with van der Waals surface area (Å²) in [6, 6.07) is 19.3. The number of aromatic nitrogens is 3. The van der Waals surface area contributed by atoms with Gasteiger partial charge in [-0.25, -0.2) is 9.97 Å². The third-order valence-electron chi connectivity index (χ3n) is 6.59. The van der Waals surface area contributed by atoms with Crippen LogP contribution in [0.2, 0.25) is 0 Å². The van der Waals surface area contributed by atoms with Crippen LogP contribution in [0, 0.1) is 6.92 Å². The molecule has 0 bridgehead atoms. The van der Waals surface area contributed by atoms with Gasteiger partial charge in [0.15, 0.2) is 0 Å². The van der Waals surface area contributed by atoms with E-state index in [-0.39, 0.29) is 5.91 Å². The van der Waals surface area contributed by atoms with Gasteiger partial charge in [0.05, 0.1) is 5.69 Å². The van der Waals surface area contributed by atoms with Gasteiger partial charge in [0.1, 0.15) is 0 Å². The van der Waals surface area contributed by atoms with Crippen LogP contribution in [-0.4, -0.2) is 63.9 Å². The summed E-state index contributed by atoms with van der Waals surface area (Å²) in [5.74, 6) is 0.341. The van der Waals surface area contributed by atoms with E-state index in [9.17, 15) is 4.79 Å². The molecule has 1 aliphatic rings. The predicted octanol–water partition coefficient (Wildman–Crippen LogP) is 6.01. The molecule has 2 N–H and O–H groups in total. The quantitative estimate of drug-likeness (QED) is 0.299. The van der Waals surface area contributed by atoms with Crippen LogP contribution in [-0.2, 0) is 6.54 Å². The number of likely N-dealkylation sites (N-methyl/N-ethyl adjacent to an activating group) is 1. The van der Waals surface area contributed by atoms with Crippen molar-refractivity contribution in [1.29, 1.82) is 0 Å². The average molecular weight is 538 g/mol. The van der Waals surface area contributed by atoms with Crippen LogP contribution in [0.3, 0.4) is 0 Å². The number of amides is 1. The normalized spacial score (nSPS) is 13.7. The van der Waals surface area contributed by atoms with Crippen LogP contribution in [0.15, 0.2) is 79.3 Å². The number of nitrogens with one attached hydrogen (secondary N) is 2. The van der Waals surface area contributed by atoms with Gasteiger partial charge in [0.25, 0.3) is 5.91 Å². The van der Waals surface area contributed by atoms with Crippen LogP contribution in [0.1, 0.15) is 41.8 Å². The number of carbonyl (C=O) groups is 1. The lowest BCUT2D eigenvalue weighted by Gasteiger charge is -2.32. The summed E-state index contributed by atoms with van der Waals surface area (Å²) in [5, 5.41) is 6.30. The molecule has 1 aliphatic heterocycles. The highest BCUT2D eigenvalue weighted by atomic mass is 16.1. The van der Waals surface area contributed by atoms with Crippen molar-refractivity contribution in [3.63, 3.8) is 0 Å². The minimum Gasteiger partial charge on any atom is -0.324 e. The van der Waals surface area contributed by atoms with Crippen molar-refractivity contribution < 1.29 is 4.79 Å². The molecule has 1 fully saturated rings. The van der Waals surface area contributed by atoms with Crippen molar-refractivity contribution >= 4 is 23.2 Å². The van der Waals surface area contributed by atoms with Crippen molar-refractivity contribution in [2.24, 2.45) is 0 Å². The lowest BCUT2D eigenvalue weighted by atomic mass is 10.1. The monoisotopic (exact) mass is 537 g/mol. The molecule has 0 spiro atoms. The number of aryl methyl sites for hydroxylation is 1. The van der Waals surface area contributed by atoms with Crippen molar-refractivity contribution in [3.8, 4) is 11.3 Å². The van der Waals surface area contributed by atoms with E-state index in [0.717, 1.165) is 55.2 Å². The second-order valence-corrected chi connectivity index (χ2v) is 10.1. The van der Waals surface area contributed by atoms with E-state index in [1.54, 1.807) is 18.6 Å². The highest BCUT2D eigenvalue weighted by Gasteiger charge is 2.14. The van der Waals surface area contributed by atoms with Crippen LogP contribution < -0.4 is 10.6 Å². The lowest BCUT2D eigenvalue weighted by Crippen LogP contribution is -2.43. The average Bonchev–Trinajstić information content (AvgIpc) is 2.97. The molecular weight excluding hydrogens is 498 g/mol. The molecular formula is C32H39N7O. The first-order chi connectivity index (χ1) is 19.4. The molecule has 4 aromatic rings. The number of rotatable bonds is 7. The Morgan fingerprint density at radius 3 is 2.30 bits per heavy atom. The number of nitrogens with zero attached hydrogens (tertiary/aromatic N) is 5. The molecule has 0 aliphatic carbocycles. The van der Waals surface area contributed by atoms with E-state index in [0.29, 0.717) is 17.2 Å². The zero-order chi connectivity index (χ0) is 28.3. The molecule has 3 heterocycles.